The van der Waals surface area contributed by atoms with E-state index in [1.807, 2.05) is 0 Å². The molecule has 28 heavy (non-hydrogen) atoms. The van der Waals surface area contributed by atoms with Gasteiger partial charge in [0.2, 0.25) is 0 Å². The van der Waals surface area contributed by atoms with Crippen LogP contribution in [0.4, 0.5) is 13.2 Å². The van der Waals surface area contributed by atoms with Crippen LogP contribution in [-0.4, -0.2) is 45.8 Å². The molecule has 8 heteroatoms. The van der Waals surface area contributed by atoms with Gasteiger partial charge in [0.1, 0.15) is 0 Å². The number of hydrogen-bond acceptors (Lipinski definition) is 3. The van der Waals surface area contributed by atoms with Crippen molar-refractivity contribution in [1.29, 1.82) is 0 Å². The Bertz CT molecular complexity index is 865. The van der Waals surface area contributed by atoms with Crippen molar-refractivity contribution < 1.29 is 18.0 Å². The Labute approximate surface area is 161 Å². The lowest BCUT2D eigenvalue weighted by molar-refractivity contribution is -0.137. The summed E-state index contributed by atoms with van der Waals surface area (Å²) in [5.74, 6) is -0.222. The van der Waals surface area contributed by atoms with Gasteiger partial charge in [-0.1, -0.05) is 6.07 Å². The smallest absolute Gasteiger partial charge is 0.349 e. The average molecular weight is 392 g/mol. The Morgan fingerprint density at radius 1 is 1.18 bits per heavy atom. The summed E-state index contributed by atoms with van der Waals surface area (Å²) in [7, 11) is 0. The first-order chi connectivity index (χ1) is 13.3. The molecule has 1 saturated carbocycles. The topological polar surface area (TPSA) is 50.2 Å². The van der Waals surface area contributed by atoms with Gasteiger partial charge in [0.05, 0.1) is 28.7 Å². The summed E-state index contributed by atoms with van der Waals surface area (Å²) >= 11 is 0. The molecule has 2 aromatic rings. The van der Waals surface area contributed by atoms with Crippen LogP contribution in [0.5, 0.6) is 0 Å². The van der Waals surface area contributed by atoms with Crippen LogP contribution < -0.4 is 5.32 Å². The van der Waals surface area contributed by atoms with Crippen LogP contribution in [0.1, 0.15) is 47.3 Å². The minimum atomic E-state index is -4.42. The van der Waals surface area contributed by atoms with Crippen molar-refractivity contribution in [3.05, 3.63) is 47.3 Å². The van der Waals surface area contributed by atoms with Crippen LogP contribution in [0, 0.1) is 6.92 Å². The summed E-state index contributed by atoms with van der Waals surface area (Å²) in [6.45, 7) is 3.69. The van der Waals surface area contributed by atoms with Crippen molar-refractivity contribution in [2.45, 2.75) is 50.9 Å². The fraction of sp³-hybridized carbons (Fsp3) is 0.500. The quantitative estimate of drug-likeness (QED) is 0.866. The fourth-order valence-electron chi connectivity index (χ4n) is 3.82. The second-order valence-corrected chi connectivity index (χ2v) is 7.62. The molecule has 1 aliphatic carbocycles. The summed E-state index contributed by atoms with van der Waals surface area (Å²) in [5, 5.41) is 7.20. The molecule has 150 valence electrons. The second kappa shape index (κ2) is 7.24. The van der Waals surface area contributed by atoms with Crippen LogP contribution in [-0.2, 0) is 6.18 Å². The Kier molecular flexibility index (Phi) is 4.91. The molecule has 1 aliphatic heterocycles. The summed E-state index contributed by atoms with van der Waals surface area (Å²) in [4.78, 5) is 15.2. The van der Waals surface area contributed by atoms with Gasteiger partial charge in [-0.2, -0.15) is 18.3 Å². The molecular formula is C20H23F3N4O. The number of piperidine rings is 1. The number of carbonyl (C=O) groups is 1. The number of benzene rings is 1. The Hall–Kier alpha value is -2.35. The molecule has 5 nitrogen and oxygen atoms in total. The van der Waals surface area contributed by atoms with Crippen molar-refractivity contribution >= 4 is 5.91 Å². The number of carbonyl (C=O) groups excluding carboxylic acids is 1. The molecule has 0 radical (unpaired) electrons. The number of amides is 1. The van der Waals surface area contributed by atoms with Crippen molar-refractivity contribution in [2.75, 3.05) is 13.1 Å². The zero-order chi connectivity index (χ0) is 19.9. The van der Waals surface area contributed by atoms with E-state index in [-0.39, 0.29) is 17.6 Å². The van der Waals surface area contributed by atoms with E-state index in [0.717, 1.165) is 44.1 Å². The van der Waals surface area contributed by atoms with E-state index in [1.165, 1.54) is 29.8 Å². The van der Waals surface area contributed by atoms with E-state index >= 15 is 0 Å². The van der Waals surface area contributed by atoms with Crippen LogP contribution in [0.15, 0.2) is 30.5 Å². The van der Waals surface area contributed by atoms with Crippen LogP contribution in [0.25, 0.3) is 5.69 Å². The largest absolute Gasteiger partial charge is 0.416 e. The van der Waals surface area contributed by atoms with Gasteiger partial charge in [0.25, 0.3) is 5.91 Å². The number of likely N-dealkylation sites (tertiary alicyclic amines) is 1. The van der Waals surface area contributed by atoms with Gasteiger partial charge in [-0.25, -0.2) is 4.68 Å². The summed E-state index contributed by atoms with van der Waals surface area (Å²) in [6, 6.07) is 5.81. The van der Waals surface area contributed by atoms with E-state index in [1.54, 1.807) is 13.0 Å². The van der Waals surface area contributed by atoms with E-state index < -0.39 is 11.7 Å². The van der Waals surface area contributed by atoms with Crippen molar-refractivity contribution in [2.24, 2.45) is 0 Å². The van der Waals surface area contributed by atoms with Crippen molar-refractivity contribution in [3.63, 3.8) is 0 Å². The maximum absolute atomic E-state index is 13.0. The predicted octanol–water partition coefficient (Wildman–Crippen LogP) is 3.56. The first-order valence-corrected chi connectivity index (χ1v) is 9.60. The number of alkyl halides is 3. The monoisotopic (exact) mass is 392 g/mol. The van der Waals surface area contributed by atoms with E-state index in [9.17, 15) is 18.0 Å². The summed E-state index contributed by atoms with van der Waals surface area (Å²) < 4.78 is 40.3. The number of hydrogen-bond donors (Lipinski definition) is 1. The Morgan fingerprint density at radius 3 is 2.54 bits per heavy atom. The first kappa shape index (κ1) is 19.0. The molecule has 0 unspecified atom stereocenters. The standard InChI is InChI=1S/C20H23F3N4O/c1-13-18(19(28)25-15-7-9-26(10-8-15)16-5-6-16)12-24-27(13)17-4-2-3-14(11-17)20(21,22)23/h2-4,11-12,15-16H,5-10H2,1H3,(H,25,28). The third-order valence-electron chi connectivity index (χ3n) is 5.60. The first-order valence-electron chi connectivity index (χ1n) is 9.60. The van der Waals surface area contributed by atoms with Gasteiger partial charge in [-0.05, 0) is 50.8 Å². The molecule has 0 bridgehead atoms. The van der Waals surface area contributed by atoms with Crippen molar-refractivity contribution in [3.8, 4) is 5.69 Å². The molecule has 1 saturated heterocycles. The number of halogens is 3. The molecule has 2 heterocycles. The van der Waals surface area contributed by atoms with Crippen LogP contribution in [0.2, 0.25) is 0 Å². The fourth-order valence-corrected chi connectivity index (χ4v) is 3.82. The summed E-state index contributed by atoms with van der Waals surface area (Å²) in [5.41, 5.74) is 0.451. The molecule has 1 amide bonds. The lowest BCUT2D eigenvalue weighted by atomic mass is 10.0. The third-order valence-corrected chi connectivity index (χ3v) is 5.60. The molecule has 0 spiro atoms. The second-order valence-electron chi connectivity index (χ2n) is 7.62. The van der Waals surface area contributed by atoms with E-state index in [4.69, 9.17) is 0 Å². The van der Waals surface area contributed by atoms with Gasteiger partial charge in [0, 0.05) is 25.2 Å². The number of nitrogens with zero attached hydrogens (tertiary/aromatic N) is 3. The van der Waals surface area contributed by atoms with E-state index in [0.29, 0.717) is 11.3 Å². The van der Waals surface area contributed by atoms with Gasteiger partial charge >= 0.3 is 6.18 Å². The lowest BCUT2D eigenvalue weighted by Crippen LogP contribution is -2.45. The zero-order valence-electron chi connectivity index (χ0n) is 15.7. The molecule has 1 aromatic heterocycles. The van der Waals surface area contributed by atoms with Gasteiger partial charge in [-0.3, -0.25) is 4.79 Å². The molecule has 1 N–H and O–H groups in total. The van der Waals surface area contributed by atoms with Crippen molar-refractivity contribution in [1.82, 2.24) is 20.0 Å². The minimum absolute atomic E-state index is 0.124. The molecule has 2 fully saturated rings. The highest BCUT2D eigenvalue weighted by Crippen LogP contribution is 2.31. The van der Waals surface area contributed by atoms with Gasteiger partial charge in [-0.15, -0.1) is 0 Å². The molecular weight excluding hydrogens is 369 g/mol. The molecule has 2 aliphatic rings. The predicted molar refractivity (Wildman–Crippen MR) is 98.4 cm³/mol. The number of nitrogens with one attached hydrogen (secondary N) is 1. The van der Waals surface area contributed by atoms with Crippen LogP contribution >= 0.6 is 0 Å². The maximum atomic E-state index is 13.0. The lowest BCUT2D eigenvalue weighted by Gasteiger charge is -2.32. The third kappa shape index (κ3) is 3.92. The highest BCUT2D eigenvalue weighted by molar-refractivity contribution is 5.95. The highest BCUT2D eigenvalue weighted by atomic mass is 19.4. The molecule has 0 atom stereocenters. The minimum Gasteiger partial charge on any atom is -0.349 e. The zero-order valence-corrected chi connectivity index (χ0v) is 15.7. The van der Waals surface area contributed by atoms with E-state index in [2.05, 4.69) is 15.3 Å². The molecule has 4 rings (SSSR count). The van der Waals surface area contributed by atoms with Crippen LogP contribution in [0.3, 0.4) is 0 Å². The highest BCUT2D eigenvalue weighted by Gasteiger charge is 2.33. The van der Waals surface area contributed by atoms with Gasteiger partial charge < -0.3 is 10.2 Å². The SMILES string of the molecule is Cc1c(C(=O)NC2CCN(C3CC3)CC2)cnn1-c1cccc(C(F)(F)F)c1. The number of rotatable bonds is 4. The Balaban J connectivity index is 1.45. The normalized spacial score (nSPS) is 19.0. The summed E-state index contributed by atoms with van der Waals surface area (Å²) in [6.07, 6.45) is 1.40. The average Bonchev–Trinajstić information content (AvgIpc) is 3.44. The number of aromatic nitrogens is 2. The Morgan fingerprint density at radius 2 is 1.89 bits per heavy atom. The van der Waals surface area contributed by atoms with Gasteiger partial charge in [0.15, 0.2) is 0 Å². The molecule has 1 aromatic carbocycles. The maximum Gasteiger partial charge on any atom is 0.416 e.